The topological polar surface area (TPSA) is 59.4 Å². The predicted molar refractivity (Wildman–Crippen MR) is 90.0 cm³/mol. The van der Waals surface area contributed by atoms with Gasteiger partial charge in [-0.05, 0) is 54.0 Å². The molecule has 3 rings (SSSR count). The van der Waals surface area contributed by atoms with Crippen molar-refractivity contribution in [3.8, 4) is 0 Å². The highest BCUT2D eigenvalue weighted by Gasteiger charge is 2.33. The first-order chi connectivity index (χ1) is 10.6. The lowest BCUT2D eigenvalue weighted by atomic mass is 10.2. The van der Waals surface area contributed by atoms with Crippen LogP contribution in [0.15, 0.2) is 16.4 Å². The monoisotopic (exact) mass is 384 g/mol. The number of rotatable bonds is 4. The number of carbonyl (C=O) groups is 1. The maximum atomic E-state index is 12.5. The summed E-state index contributed by atoms with van der Waals surface area (Å²) in [7, 11) is 0. The van der Waals surface area contributed by atoms with Gasteiger partial charge in [-0.3, -0.25) is 14.4 Å². The van der Waals surface area contributed by atoms with E-state index in [9.17, 15) is 4.79 Å². The summed E-state index contributed by atoms with van der Waals surface area (Å²) in [6.07, 6.45) is 5.69. The van der Waals surface area contributed by atoms with Gasteiger partial charge in [0.15, 0.2) is 5.11 Å². The van der Waals surface area contributed by atoms with E-state index in [-0.39, 0.29) is 12.0 Å². The van der Waals surface area contributed by atoms with E-state index in [2.05, 4.69) is 26.3 Å². The fourth-order valence-electron chi connectivity index (χ4n) is 2.54. The highest BCUT2D eigenvalue weighted by molar-refractivity contribution is 9.10. The number of hydrogen-bond acceptors (Lipinski definition) is 4. The van der Waals surface area contributed by atoms with Gasteiger partial charge in [0.25, 0.3) is 5.91 Å². The molecule has 6 nitrogen and oxygen atoms in total. The van der Waals surface area contributed by atoms with Crippen molar-refractivity contribution >= 4 is 45.2 Å². The van der Waals surface area contributed by atoms with Gasteiger partial charge in [0.2, 0.25) is 0 Å². The summed E-state index contributed by atoms with van der Waals surface area (Å²) < 4.78 is 8.23. The average Bonchev–Trinajstić information content (AvgIpc) is 3.18. The Morgan fingerprint density at radius 1 is 1.64 bits per heavy atom. The smallest absolute Gasteiger partial charge is 0.276 e. The number of aromatic nitrogens is 2. The maximum Gasteiger partial charge on any atom is 0.276 e. The zero-order valence-corrected chi connectivity index (χ0v) is 14.6. The Kier molecular flexibility index (Phi) is 4.60. The molecule has 1 aromatic rings. The van der Waals surface area contributed by atoms with E-state index in [0.29, 0.717) is 23.0 Å². The summed E-state index contributed by atoms with van der Waals surface area (Å²) in [6, 6.07) is 0. The number of amides is 1. The van der Waals surface area contributed by atoms with E-state index in [1.807, 2.05) is 13.1 Å². The van der Waals surface area contributed by atoms with Gasteiger partial charge >= 0.3 is 0 Å². The zero-order chi connectivity index (χ0) is 15.7. The molecule has 1 N–H and O–H groups in total. The van der Waals surface area contributed by atoms with Crippen LogP contribution < -0.4 is 5.32 Å². The number of ether oxygens (including phenoxy) is 1. The van der Waals surface area contributed by atoms with Crippen LogP contribution in [0.3, 0.4) is 0 Å². The number of carbonyl (C=O) groups excluding carboxylic acids is 1. The quantitative estimate of drug-likeness (QED) is 0.634. The molecule has 0 aromatic carbocycles. The van der Waals surface area contributed by atoms with Crippen molar-refractivity contribution in [1.29, 1.82) is 0 Å². The molecule has 0 bridgehead atoms. The van der Waals surface area contributed by atoms with Crippen LogP contribution in [0.5, 0.6) is 0 Å². The lowest BCUT2D eigenvalue weighted by molar-refractivity contribution is -0.123. The molecule has 2 fully saturated rings. The van der Waals surface area contributed by atoms with Crippen LogP contribution in [-0.4, -0.2) is 45.0 Å². The van der Waals surface area contributed by atoms with Crippen molar-refractivity contribution in [2.75, 3.05) is 13.2 Å². The Labute approximate surface area is 142 Å². The molecule has 1 amide bonds. The van der Waals surface area contributed by atoms with E-state index >= 15 is 0 Å². The molecule has 0 spiro atoms. The van der Waals surface area contributed by atoms with Gasteiger partial charge in [-0.15, -0.1) is 0 Å². The van der Waals surface area contributed by atoms with Crippen LogP contribution >= 0.6 is 28.1 Å². The fourth-order valence-corrected chi connectivity index (χ4v) is 3.24. The molecular weight excluding hydrogens is 368 g/mol. The van der Waals surface area contributed by atoms with E-state index in [1.54, 1.807) is 15.7 Å². The van der Waals surface area contributed by atoms with Crippen LogP contribution in [-0.2, 0) is 16.1 Å². The number of hydrogen-bond donors (Lipinski definition) is 1. The lowest BCUT2D eigenvalue weighted by Crippen LogP contribution is -2.37. The van der Waals surface area contributed by atoms with Crippen molar-refractivity contribution in [2.45, 2.75) is 32.4 Å². The SMILES string of the molecule is CCn1cc(Br)c(/C=C2/NC(=S)N(CC3CCCO3)C2=O)n1. The maximum absolute atomic E-state index is 12.5. The van der Waals surface area contributed by atoms with Crippen LogP contribution in [0, 0.1) is 0 Å². The summed E-state index contributed by atoms with van der Waals surface area (Å²) >= 11 is 8.72. The van der Waals surface area contributed by atoms with Crippen LogP contribution in [0.4, 0.5) is 0 Å². The van der Waals surface area contributed by atoms with Crippen molar-refractivity contribution < 1.29 is 9.53 Å². The zero-order valence-electron chi connectivity index (χ0n) is 12.2. The highest BCUT2D eigenvalue weighted by atomic mass is 79.9. The second-order valence-corrected chi connectivity index (χ2v) is 6.50. The third-order valence-electron chi connectivity index (χ3n) is 3.72. The summed E-state index contributed by atoms with van der Waals surface area (Å²) in [4.78, 5) is 14.1. The van der Waals surface area contributed by atoms with Gasteiger partial charge in [-0.25, -0.2) is 0 Å². The molecule has 1 aromatic heterocycles. The molecule has 8 heteroatoms. The predicted octanol–water partition coefficient (Wildman–Crippen LogP) is 1.90. The number of nitrogens with one attached hydrogen (secondary N) is 1. The van der Waals surface area contributed by atoms with Crippen molar-refractivity contribution in [2.24, 2.45) is 0 Å². The number of nitrogens with zero attached hydrogens (tertiary/aromatic N) is 3. The van der Waals surface area contributed by atoms with Crippen molar-refractivity contribution in [3.63, 3.8) is 0 Å². The molecule has 1 unspecified atom stereocenters. The minimum absolute atomic E-state index is 0.0779. The fraction of sp³-hybridized carbons (Fsp3) is 0.500. The van der Waals surface area contributed by atoms with Crippen molar-refractivity contribution in [3.05, 3.63) is 22.1 Å². The Hall–Kier alpha value is -1.25. The van der Waals surface area contributed by atoms with Gasteiger partial charge in [0.05, 0.1) is 17.1 Å². The second-order valence-electron chi connectivity index (χ2n) is 5.26. The Bertz CT molecular complexity index is 637. The lowest BCUT2D eigenvalue weighted by Gasteiger charge is -2.18. The molecule has 3 heterocycles. The standard InChI is InChI=1S/C14H17BrN4O2S/c1-2-18-8-10(15)11(17-18)6-12-13(20)19(14(22)16-12)7-9-4-3-5-21-9/h6,8-9H,2-5,7H2,1H3,(H,16,22)/b12-6+. The molecule has 2 aliphatic heterocycles. The van der Waals surface area contributed by atoms with Gasteiger partial charge in [-0.1, -0.05) is 0 Å². The summed E-state index contributed by atoms with van der Waals surface area (Å²) in [5.41, 5.74) is 1.16. The number of halogens is 1. The van der Waals surface area contributed by atoms with Gasteiger partial charge in [0, 0.05) is 19.3 Å². The molecule has 118 valence electrons. The largest absolute Gasteiger partial charge is 0.376 e. The van der Waals surface area contributed by atoms with Crippen LogP contribution in [0.25, 0.3) is 6.08 Å². The first-order valence-electron chi connectivity index (χ1n) is 7.27. The molecule has 0 radical (unpaired) electrons. The summed E-state index contributed by atoms with van der Waals surface area (Å²) in [5.74, 6) is -0.126. The van der Waals surface area contributed by atoms with Crippen molar-refractivity contribution in [1.82, 2.24) is 20.0 Å². The minimum atomic E-state index is -0.126. The van der Waals surface area contributed by atoms with E-state index in [1.165, 1.54) is 0 Å². The molecule has 1 atom stereocenters. The minimum Gasteiger partial charge on any atom is -0.376 e. The summed E-state index contributed by atoms with van der Waals surface area (Å²) in [6.45, 7) is 4.05. The van der Waals surface area contributed by atoms with E-state index < -0.39 is 0 Å². The third kappa shape index (κ3) is 3.09. The Balaban J connectivity index is 1.77. The Morgan fingerprint density at radius 3 is 3.09 bits per heavy atom. The highest BCUT2D eigenvalue weighted by Crippen LogP contribution is 2.21. The number of thiocarbonyl (C=S) groups is 1. The van der Waals surface area contributed by atoms with Gasteiger partial charge < -0.3 is 10.1 Å². The molecule has 22 heavy (non-hydrogen) atoms. The van der Waals surface area contributed by atoms with Crippen LogP contribution in [0.1, 0.15) is 25.5 Å². The third-order valence-corrected chi connectivity index (χ3v) is 4.65. The molecular formula is C14H17BrN4O2S. The van der Waals surface area contributed by atoms with Gasteiger partial charge in [0.1, 0.15) is 11.4 Å². The second kappa shape index (κ2) is 6.47. The molecule has 2 aliphatic rings. The molecule has 2 saturated heterocycles. The van der Waals surface area contributed by atoms with Gasteiger partial charge in [-0.2, -0.15) is 5.10 Å². The van der Waals surface area contributed by atoms with E-state index in [0.717, 1.165) is 30.5 Å². The normalized spacial score (nSPS) is 23.6. The number of aryl methyl sites for hydroxylation is 1. The van der Waals surface area contributed by atoms with E-state index in [4.69, 9.17) is 17.0 Å². The molecule has 0 aliphatic carbocycles. The average molecular weight is 385 g/mol. The first kappa shape index (κ1) is 15.6. The molecule has 0 saturated carbocycles. The first-order valence-corrected chi connectivity index (χ1v) is 8.47. The van der Waals surface area contributed by atoms with Crippen LogP contribution in [0.2, 0.25) is 0 Å². The Morgan fingerprint density at radius 2 is 2.45 bits per heavy atom. The summed E-state index contributed by atoms with van der Waals surface area (Å²) in [5, 5.41) is 7.80.